The average Bonchev–Trinajstić information content (AvgIpc) is 3.68. The molecule has 192 valence electrons. The van der Waals surface area contributed by atoms with Gasteiger partial charge in [0.05, 0.1) is 11.2 Å². The molecule has 0 unspecified atom stereocenters. The van der Waals surface area contributed by atoms with Gasteiger partial charge in [0.15, 0.2) is 0 Å². The van der Waals surface area contributed by atoms with Crippen LogP contribution in [-0.4, -0.2) is 39.2 Å². The maximum atomic E-state index is 7.62. The molecule has 5 fully saturated rings. The second-order valence-electron chi connectivity index (χ2n) is 14.0. The van der Waals surface area contributed by atoms with Gasteiger partial charge in [0, 0.05) is 35.9 Å². The summed E-state index contributed by atoms with van der Waals surface area (Å²) in [7, 11) is 0. The van der Waals surface area contributed by atoms with Gasteiger partial charge in [0.1, 0.15) is 0 Å². The predicted molar refractivity (Wildman–Crippen MR) is 147 cm³/mol. The fraction of sp³-hybridized carbons (Fsp3) is 0.618. The van der Waals surface area contributed by atoms with Gasteiger partial charge in [-0.05, 0) is 129 Å². The molecule has 0 radical (unpaired) electrons. The third kappa shape index (κ3) is 2.78. The van der Waals surface area contributed by atoms with Crippen LogP contribution in [-0.2, 0) is 4.74 Å². The fourth-order valence-corrected chi connectivity index (χ4v) is 11.1. The Morgan fingerprint density at radius 2 is 1.78 bits per heavy atom. The number of ether oxygens (including phenoxy) is 1. The Balaban J connectivity index is 1.06. The molecule has 4 aliphatic heterocycles. The summed E-state index contributed by atoms with van der Waals surface area (Å²) in [4.78, 5) is 7.39. The highest BCUT2D eigenvalue weighted by Gasteiger charge is 2.67. The van der Waals surface area contributed by atoms with E-state index >= 15 is 0 Å². The van der Waals surface area contributed by atoms with E-state index in [1.54, 1.807) is 11.1 Å². The first-order chi connectivity index (χ1) is 18.1. The number of allylic oxidation sites excluding steroid dienone is 1. The minimum atomic E-state index is -0.0461. The van der Waals surface area contributed by atoms with E-state index in [1.165, 1.54) is 93.4 Å². The molecule has 0 N–H and O–H groups in total. The van der Waals surface area contributed by atoms with Crippen LogP contribution in [0.4, 0.5) is 0 Å². The number of hydrogen-bond acceptors (Lipinski definition) is 3. The summed E-state index contributed by atoms with van der Waals surface area (Å²) < 4.78 is 7.62. The first-order valence-electron chi connectivity index (χ1n) is 15.3. The van der Waals surface area contributed by atoms with Crippen LogP contribution in [0, 0.1) is 11.3 Å². The van der Waals surface area contributed by atoms with E-state index in [0.29, 0.717) is 11.8 Å². The van der Waals surface area contributed by atoms with Crippen LogP contribution in [0.25, 0.3) is 10.8 Å². The maximum Gasteiger partial charge on any atom is 0.0974 e. The van der Waals surface area contributed by atoms with Gasteiger partial charge in [0.2, 0.25) is 0 Å². The maximum absolute atomic E-state index is 7.62. The van der Waals surface area contributed by atoms with Gasteiger partial charge in [-0.1, -0.05) is 31.2 Å². The lowest BCUT2D eigenvalue weighted by Gasteiger charge is -2.55. The Bertz CT molecular complexity index is 1340. The van der Waals surface area contributed by atoms with Gasteiger partial charge in [-0.2, -0.15) is 0 Å². The molecule has 5 heterocycles. The van der Waals surface area contributed by atoms with E-state index in [0.717, 1.165) is 18.1 Å². The molecule has 3 saturated heterocycles. The summed E-state index contributed by atoms with van der Waals surface area (Å²) >= 11 is 0. The second-order valence-corrected chi connectivity index (χ2v) is 14.0. The van der Waals surface area contributed by atoms with Crippen LogP contribution in [0.3, 0.4) is 0 Å². The van der Waals surface area contributed by atoms with Crippen LogP contribution < -0.4 is 0 Å². The molecule has 1 aromatic heterocycles. The van der Waals surface area contributed by atoms with Gasteiger partial charge in [-0.15, -0.1) is 0 Å². The molecule has 4 bridgehead atoms. The van der Waals surface area contributed by atoms with Crippen molar-refractivity contribution in [1.29, 1.82) is 0 Å². The molecule has 3 nitrogen and oxygen atoms in total. The number of aromatic nitrogens is 1. The van der Waals surface area contributed by atoms with Crippen molar-refractivity contribution in [1.82, 2.24) is 9.88 Å². The molecule has 7 aliphatic rings. The lowest BCUT2D eigenvalue weighted by molar-refractivity contribution is -0.141. The molecule has 2 aromatic rings. The summed E-state index contributed by atoms with van der Waals surface area (Å²) in [6.07, 6.45) is 25.1. The molecule has 9 rings (SSSR count). The zero-order valence-electron chi connectivity index (χ0n) is 22.3. The highest BCUT2D eigenvalue weighted by Crippen LogP contribution is 2.69. The first kappa shape index (κ1) is 21.9. The summed E-state index contributed by atoms with van der Waals surface area (Å²) in [5, 5.41) is 2.58. The Labute approximate surface area is 221 Å². The van der Waals surface area contributed by atoms with Crippen LogP contribution >= 0.6 is 0 Å². The molecule has 2 spiro atoms. The Morgan fingerprint density at radius 1 is 0.919 bits per heavy atom. The highest BCUT2D eigenvalue weighted by molar-refractivity contribution is 5.82. The molecule has 37 heavy (non-hydrogen) atoms. The molecule has 0 amide bonds. The van der Waals surface area contributed by atoms with Crippen LogP contribution in [0.1, 0.15) is 95.5 Å². The van der Waals surface area contributed by atoms with Crippen LogP contribution in [0.5, 0.6) is 0 Å². The fourth-order valence-electron chi connectivity index (χ4n) is 11.1. The number of benzene rings is 1. The van der Waals surface area contributed by atoms with Gasteiger partial charge in [0.25, 0.3) is 0 Å². The number of fused-ring (bicyclic) bond motifs is 4. The molecule has 6 atom stereocenters. The van der Waals surface area contributed by atoms with E-state index in [2.05, 4.69) is 53.2 Å². The lowest BCUT2D eigenvalue weighted by atomic mass is 9.58. The van der Waals surface area contributed by atoms with Gasteiger partial charge in [-0.25, -0.2) is 0 Å². The minimum absolute atomic E-state index is 0.0211. The Morgan fingerprint density at radius 3 is 2.65 bits per heavy atom. The molecular weight excluding hydrogens is 452 g/mol. The summed E-state index contributed by atoms with van der Waals surface area (Å²) in [6.45, 7) is 2.60. The van der Waals surface area contributed by atoms with E-state index in [9.17, 15) is 0 Å². The number of rotatable bonds is 2. The standard InChI is InChI=1S/C34H40N2O/c1-32-14-12-26-19-25-4-5-29(36-27-6-7-28(36)9-8-27)20-33(25)15-16-34(26,37-33)31(32)11-10-30(32)23-3-2-22-13-17-35-21-24(22)18-23/h2-3,12-13,17-19,21,27-31H,4-11,14-16,20H2,1H3/t27-,28+,29-,30+,31+,32+,33+,34+/m0/s1. The van der Waals surface area contributed by atoms with Crippen LogP contribution in [0.2, 0.25) is 0 Å². The summed E-state index contributed by atoms with van der Waals surface area (Å²) in [5.74, 6) is 1.22. The van der Waals surface area contributed by atoms with Crippen molar-refractivity contribution in [2.75, 3.05) is 0 Å². The van der Waals surface area contributed by atoms with Crippen molar-refractivity contribution >= 4 is 10.8 Å². The molecule has 2 saturated carbocycles. The third-order valence-electron chi connectivity index (χ3n) is 12.7. The Hall–Kier alpha value is -1.97. The molecule has 3 heteroatoms. The molecular formula is C34H40N2O. The number of nitrogens with zero attached hydrogens (tertiary/aromatic N) is 2. The van der Waals surface area contributed by atoms with Crippen molar-refractivity contribution < 1.29 is 4.74 Å². The molecule has 1 aromatic carbocycles. The van der Waals surface area contributed by atoms with Crippen molar-refractivity contribution in [3.05, 3.63) is 65.5 Å². The number of hydrogen-bond donors (Lipinski definition) is 0. The predicted octanol–water partition coefficient (Wildman–Crippen LogP) is 7.47. The highest BCUT2D eigenvalue weighted by atomic mass is 16.5. The minimum Gasteiger partial charge on any atom is -0.359 e. The average molecular weight is 493 g/mol. The van der Waals surface area contributed by atoms with Crippen molar-refractivity contribution in [3.8, 4) is 0 Å². The quantitative estimate of drug-likeness (QED) is 0.435. The first-order valence-corrected chi connectivity index (χ1v) is 15.3. The van der Waals surface area contributed by atoms with E-state index in [4.69, 9.17) is 4.74 Å². The van der Waals surface area contributed by atoms with E-state index in [1.807, 2.05) is 12.4 Å². The monoisotopic (exact) mass is 492 g/mol. The van der Waals surface area contributed by atoms with Crippen molar-refractivity contribution in [3.63, 3.8) is 0 Å². The lowest BCUT2D eigenvalue weighted by Crippen LogP contribution is -2.55. The van der Waals surface area contributed by atoms with Crippen LogP contribution in [0.15, 0.2) is 60.0 Å². The van der Waals surface area contributed by atoms with Gasteiger partial charge >= 0.3 is 0 Å². The second kappa shape index (κ2) is 7.36. The van der Waals surface area contributed by atoms with Gasteiger partial charge < -0.3 is 4.74 Å². The van der Waals surface area contributed by atoms with Crippen molar-refractivity contribution in [2.24, 2.45) is 11.3 Å². The topological polar surface area (TPSA) is 25.4 Å². The van der Waals surface area contributed by atoms with E-state index in [-0.39, 0.29) is 16.6 Å². The zero-order valence-corrected chi connectivity index (χ0v) is 22.3. The summed E-state index contributed by atoms with van der Waals surface area (Å²) in [5.41, 5.74) is 4.96. The largest absolute Gasteiger partial charge is 0.359 e. The SMILES string of the molecule is C[C@]12CC=C3C=C4CC[C@H](N5[C@H]6CC[C@@H]5CC6)C[C@]45CC[C@]3(O5)[C@@H]1CC[C@@H]2c1ccc2ccncc2c1. The number of pyridine rings is 1. The molecule has 3 aliphatic carbocycles. The van der Waals surface area contributed by atoms with Crippen molar-refractivity contribution in [2.45, 2.75) is 119 Å². The Kier molecular flexibility index (Phi) is 4.36. The normalized spacial score (nSPS) is 45.9. The zero-order chi connectivity index (χ0) is 24.4. The van der Waals surface area contributed by atoms with E-state index < -0.39 is 0 Å². The summed E-state index contributed by atoms with van der Waals surface area (Å²) in [6, 6.07) is 11.8. The van der Waals surface area contributed by atoms with Gasteiger partial charge in [-0.3, -0.25) is 9.88 Å². The smallest absolute Gasteiger partial charge is 0.0974 e. The third-order valence-corrected chi connectivity index (χ3v) is 12.7.